The minimum Gasteiger partial charge on any atom is -0.394 e. The average Bonchev–Trinajstić information content (AvgIpc) is 3.62. The van der Waals surface area contributed by atoms with Crippen LogP contribution in [0.1, 0.15) is 33.9 Å². The number of nitrogens with zero attached hydrogens (tertiary/aromatic N) is 5. The zero-order chi connectivity index (χ0) is 30.5. The maximum absolute atomic E-state index is 13.3. The molecule has 0 saturated carbocycles. The summed E-state index contributed by atoms with van der Waals surface area (Å²) in [6.07, 6.45) is -3.28. The first kappa shape index (κ1) is 30.1. The van der Waals surface area contributed by atoms with Gasteiger partial charge in [0.05, 0.1) is 26.1 Å². The summed E-state index contributed by atoms with van der Waals surface area (Å²) < 4.78 is 12.6. The summed E-state index contributed by atoms with van der Waals surface area (Å²) in [6, 6.07) is 20.2. The van der Waals surface area contributed by atoms with Crippen LogP contribution in [0.25, 0.3) is 11.2 Å². The van der Waals surface area contributed by atoms with Gasteiger partial charge in [-0.1, -0.05) is 60.7 Å². The van der Waals surface area contributed by atoms with Gasteiger partial charge in [-0.05, 0) is 11.1 Å². The number of amides is 1. The van der Waals surface area contributed by atoms with E-state index in [1.165, 1.54) is 10.9 Å². The highest BCUT2D eigenvalue weighted by Gasteiger charge is 2.44. The van der Waals surface area contributed by atoms with Crippen molar-refractivity contribution in [2.75, 3.05) is 57.9 Å². The van der Waals surface area contributed by atoms with Crippen molar-refractivity contribution in [3.63, 3.8) is 0 Å². The third-order valence-electron chi connectivity index (χ3n) is 8.11. The summed E-state index contributed by atoms with van der Waals surface area (Å²) in [5.74, 6) is -0.224. The normalized spacial score (nSPS) is 22.5. The number of imidazole rings is 1. The van der Waals surface area contributed by atoms with Gasteiger partial charge in [-0.3, -0.25) is 14.3 Å². The molecule has 2 aromatic heterocycles. The molecule has 2 aliphatic heterocycles. The van der Waals surface area contributed by atoms with Gasteiger partial charge >= 0.3 is 0 Å². The van der Waals surface area contributed by atoms with Crippen molar-refractivity contribution in [2.45, 2.75) is 30.5 Å². The lowest BCUT2D eigenvalue weighted by Crippen LogP contribution is -2.41. The quantitative estimate of drug-likeness (QED) is 0.164. The zero-order valence-corrected chi connectivity index (χ0v) is 24.2. The molecule has 1 amide bonds. The molecule has 4 heterocycles. The Kier molecular flexibility index (Phi) is 9.40. The Labute approximate surface area is 254 Å². The molecule has 232 valence electrons. The van der Waals surface area contributed by atoms with E-state index in [-0.39, 0.29) is 17.4 Å². The Bertz CT molecular complexity index is 1490. The highest BCUT2D eigenvalue weighted by molar-refractivity contribution is 5.94. The lowest BCUT2D eigenvalue weighted by atomic mass is 9.91. The van der Waals surface area contributed by atoms with E-state index in [0.717, 1.165) is 24.2 Å². The summed E-state index contributed by atoms with van der Waals surface area (Å²) in [4.78, 5) is 29.2. The van der Waals surface area contributed by atoms with E-state index in [1.807, 2.05) is 36.4 Å². The molecule has 0 unspecified atom stereocenters. The van der Waals surface area contributed by atoms with E-state index in [2.05, 4.69) is 54.8 Å². The Hall–Kier alpha value is -3.98. The molecule has 5 N–H and O–H groups in total. The number of carbonyl (C=O) groups is 1. The summed E-state index contributed by atoms with van der Waals surface area (Å²) >= 11 is 0. The van der Waals surface area contributed by atoms with Crippen LogP contribution in [0, 0.1) is 0 Å². The smallest absolute Gasteiger partial charge is 0.289 e. The molecular weight excluding hydrogens is 566 g/mol. The van der Waals surface area contributed by atoms with Gasteiger partial charge in [0.1, 0.15) is 18.3 Å². The fourth-order valence-electron chi connectivity index (χ4n) is 5.67. The van der Waals surface area contributed by atoms with Gasteiger partial charge < -0.3 is 35.4 Å². The number of benzene rings is 2. The monoisotopic (exact) mass is 603 g/mol. The van der Waals surface area contributed by atoms with Crippen molar-refractivity contribution in [1.82, 2.24) is 29.7 Å². The SMILES string of the molecule is O=C(NCCN1CCOCC1)c1nc(NCC(c2ccccc2)c2ccccc2)c2ncn([C@@H]3O[C@H](CO)[C@@H](O)[C@@H]3O)c2n1. The lowest BCUT2D eigenvalue weighted by Gasteiger charge is -2.26. The molecule has 2 fully saturated rings. The molecular formula is C31H37N7O6. The zero-order valence-electron chi connectivity index (χ0n) is 24.2. The van der Waals surface area contributed by atoms with E-state index in [1.54, 1.807) is 0 Å². The van der Waals surface area contributed by atoms with Gasteiger partial charge in [-0.25, -0.2) is 15.0 Å². The molecule has 0 radical (unpaired) electrons. The number of ether oxygens (including phenoxy) is 2. The summed E-state index contributed by atoms with van der Waals surface area (Å²) in [5.41, 5.74) is 2.82. The van der Waals surface area contributed by atoms with Gasteiger partial charge in [0.2, 0.25) is 5.82 Å². The Balaban J connectivity index is 1.31. The van der Waals surface area contributed by atoms with Gasteiger partial charge in [0.25, 0.3) is 5.91 Å². The summed E-state index contributed by atoms with van der Waals surface area (Å²) in [5, 5.41) is 37.0. The average molecular weight is 604 g/mol. The van der Waals surface area contributed by atoms with Gasteiger partial charge in [0.15, 0.2) is 23.2 Å². The largest absolute Gasteiger partial charge is 0.394 e. The molecule has 2 aliphatic rings. The second-order valence-electron chi connectivity index (χ2n) is 10.9. The number of fused-ring (bicyclic) bond motifs is 1. The van der Waals surface area contributed by atoms with Crippen LogP contribution < -0.4 is 10.6 Å². The van der Waals surface area contributed by atoms with Crippen LogP contribution in [0.15, 0.2) is 67.0 Å². The number of hydrogen-bond donors (Lipinski definition) is 5. The first-order chi connectivity index (χ1) is 21.5. The van der Waals surface area contributed by atoms with Crippen LogP contribution in [0.2, 0.25) is 0 Å². The number of aromatic nitrogens is 4. The molecule has 4 atom stereocenters. The Morgan fingerprint density at radius 1 is 0.977 bits per heavy atom. The number of anilines is 1. The molecule has 13 heteroatoms. The third-order valence-corrected chi connectivity index (χ3v) is 8.11. The summed E-state index contributed by atoms with van der Waals surface area (Å²) in [7, 11) is 0. The molecule has 2 aromatic carbocycles. The highest BCUT2D eigenvalue weighted by Crippen LogP contribution is 2.33. The fourth-order valence-corrected chi connectivity index (χ4v) is 5.67. The van der Waals surface area contributed by atoms with Crippen molar-refractivity contribution in [1.29, 1.82) is 0 Å². The minimum atomic E-state index is -1.35. The lowest BCUT2D eigenvalue weighted by molar-refractivity contribution is -0.0511. The van der Waals surface area contributed by atoms with Gasteiger partial charge in [-0.2, -0.15) is 0 Å². The second kappa shape index (κ2) is 13.8. The third kappa shape index (κ3) is 6.43. The minimum absolute atomic E-state index is 0.0317. The van der Waals surface area contributed by atoms with E-state index >= 15 is 0 Å². The van der Waals surface area contributed by atoms with E-state index in [9.17, 15) is 20.1 Å². The van der Waals surface area contributed by atoms with Crippen molar-refractivity contribution in [3.8, 4) is 0 Å². The predicted octanol–water partition coefficient (Wildman–Crippen LogP) is 0.744. The summed E-state index contributed by atoms with van der Waals surface area (Å²) in [6.45, 7) is 3.99. The number of hydrogen-bond acceptors (Lipinski definition) is 11. The first-order valence-corrected chi connectivity index (χ1v) is 14.8. The van der Waals surface area contributed by atoms with Crippen LogP contribution in [0.4, 0.5) is 5.82 Å². The highest BCUT2D eigenvalue weighted by atomic mass is 16.6. The fraction of sp³-hybridized carbons (Fsp3) is 0.419. The van der Waals surface area contributed by atoms with Crippen molar-refractivity contribution in [3.05, 3.63) is 83.9 Å². The van der Waals surface area contributed by atoms with Crippen LogP contribution in [-0.2, 0) is 9.47 Å². The number of aliphatic hydroxyl groups is 3. The Morgan fingerprint density at radius 3 is 2.30 bits per heavy atom. The van der Waals surface area contributed by atoms with Crippen LogP contribution in [0.3, 0.4) is 0 Å². The van der Waals surface area contributed by atoms with Gasteiger partial charge in [0, 0.05) is 38.6 Å². The Morgan fingerprint density at radius 2 is 1.66 bits per heavy atom. The topological polar surface area (TPSA) is 167 Å². The number of morpholine rings is 1. The second-order valence-corrected chi connectivity index (χ2v) is 10.9. The van der Waals surface area contributed by atoms with Crippen LogP contribution in [-0.4, -0.2) is 117 Å². The molecule has 13 nitrogen and oxygen atoms in total. The first-order valence-electron chi connectivity index (χ1n) is 14.8. The maximum atomic E-state index is 13.3. The molecule has 0 aliphatic carbocycles. The van der Waals surface area contributed by atoms with Crippen molar-refractivity contribution in [2.24, 2.45) is 0 Å². The van der Waals surface area contributed by atoms with Crippen LogP contribution in [0.5, 0.6) is 0 Å². The van der Waals surface area contributed by atoms with E-state index in [4.69, 9.17) is 9.47 Å². The number of carbonyl (C=O) groups excluding carboxylic acids is 1. The standard InChI is InChI=1S/C31H37N7O6/c39-18-23-25(40)26(41)31(44-23)38-19-34-24-27(33-17-22(20-7-3-1-4-8-20)21-9-5-2-6-10-21)35-28(36-29(24)38)30(42)32-11-12-37-13-15-43-16-14-37/h1-10,19,22-23,25-26,31,39-41H,11-18H2,(H,32,42)(H,33,35,36)/t23-,25-,26+,31-/m1/s1. The number of rotatable bonds is 11. The predicted molar refractivity (Wildman–Crippen MR) is 161 cm³/mol. The van der Waals surface area contributed by atoms with Crippen molar-refractivity contribution < 1.29 is 29.6 Å². The molecule has 44 heavy (non-hydrogen) atoms. The van der Waals surface area contributed by atoms with Gasteiger partial charge in [-0.15, -0.1) is 0 Å². The molecule has 6 rings (SSSR count). The van der Waals surface area contributed by atoms with Crippen molar-refractivity contribution >= 4 is 22.9 Å². The molecule has 0 bridgehead atoms. The number of aliphatic hydroxyl groups excluding tert-OH is 3. The molecule has 2 saturated heterocycles. The molecule has 0 spiro atoms. The maximum Gasteiger partial charge on any atom is 0.289 e. The molecule has 4 aromatic rings. The van der Waals surface area contributed by atoms with E-state index in [0.29, 0.717) is 44.2 Å². The van der Waals surface area contributed by atoms with E-state index < -0.39 is 37.1 Å². The number of nitrogens with one attached hydrogen (secondary N) is 2. The van der Waals surface area contributed by atoms with Crippen LogP contribution >= 0.6 is 0 Å².